The molecule has 6 nitrogen and oxygen atoms in total. The molecular weight excluding hydrogens is 444 g/mol. The van der Waals surface area contributed by atoms with Gasteiger partial charge in [0.25, 0.3) is 0 Å². The Balaban J connectivity index is 1.96. The van der Waals surface area contributed by atoms with E-state index in [9.17, 15) is 19.1 Å². The lowest BCUT2D eigenvalue weighted by Crippen LogP contribution is -2.50. The SMILES string of the molecule is NC(Cc1ccc(N(CCCl)CCCl)cc1)C(=O)NC(Cc1ccc(F)cc1)C(=O)O. The number of halogens is 3. The first-order valence-electron chi connectivity index (χ1n) is 9.83. The fraction of sp³-hybridized carbons (Fsp3) is 0.364. The number of nitrogens with one attached hydrogen (secondary N) is 1. The summed E-state index contributed by atoms with van der Waals surface area (Å²) in [7, 11) is 0. The number of carboxylic acid groups (broad SMARTS) is 1. The summed E-state index contributed by atoms with van der Waals surface area (Å²) in [5, 5.41) is 11.9. The van der Waals surface area contributed by atoms with Crippen molar-refractivity contribution in [3.8, 4) is 0 Å². The second-order valence-electron chi connectivity index (χ2n) is 7.07. The van der Waals surface area contributed by atoms with E-state index in [2.05, 4.69) is 10.2 Å². The van der Waals surface area contributed by atoms with Crippen LogP contribution in [0.1, 0.15) is 11.1 Å². The summed E-state index contributed by atoms with van der Waals surface area (Å²) < 4.78 is 13.0. The molecule has 0 spiro atoms. The van der Waals surface area contributed by atoms with E-state index in [4.69, 9.17) is 28.9 Å². The van der Waals surface area contributed by atoms with Gasteiger partial charge in [-0.25, -0.2) is 9.18 Å². The monoisotopic (exact) mass is 469 g/mol. The van der Waals surface area contributed by atoms with Crippen LogP contribution in [0.5, 0.6) is 0 Å². The van der Waals surface area contributed by atoms with Gasteiger partial charge in [0.1, 0.15) is 11.9 Å². The van der Waals surface area contributed by atoms with Crippen molar-refractivity contribution in [2.45, 2.75) is 24.9 Å². The third-order valence-corrected chi connectivity index (χ3v) is 5.11. The molecule has 0 aliphatic carbocycles. The number of alkyl halides is 2. The minimum absolute atomic E-state index is 0.0275. The molecule has 2 aromatic rings. The largest absolute Gasteiger partial charge is 0.480 e. The number of nitrogens with two attached hydrogens (primary N) is 1. The number of aliphatic carboxylic acids is 1. The number of anilines is 1. The van der Waals surface area contributed by atoms with Gasteiger partial charge in [-0.05, 0) is 41.8 Å². The van der Waals surface area contributed by atoms with E-state index in [1.807, 2.05) is 24.3 Å². The molecule has 168 valence electrons. The van der Waals surface area contributed by atoms with Crippen LogP contribution < -0.4 is 16.0 Å². The Morgan fingerprint density at radius 3 is 2.00 bits per heavy atom. The highest BCUT2D eigenvalue weighted by Gasteiger charge is 2.24. The molecule has 0 saturated heterocycles. The Bertz CT molecular complexity index is 844. The molecule has 0 aliphatic rings. The summed E-state index contributed by atoms with van der Waals surface area (Å²) in [4.78, 5) is 26.1. The molecule has 31 heavy (non-hydrogen) atoms. The van der Waals surface area contributed by atoms with Crippen molar-refractivity contribution in [2.75, 3.05) is 29.7 Å². The van der Waals surface area contributed by atoms with Gasteiger partial charge in [-0.2, -0.15) is 0 Å². The van der Waals surface area contributed by atoms with Crippen molar-refractivity contribution < 1.29 is 19.1 Å². The van der Waals surface area contributed by atoms with Gasteiger partial charge in [0, 0.05) is 37.0 Å². The first-order valence-corrected chi connectivity index (χ1v) is 10.9. The number of hydrogen-bond acceptors (Lipinski definition) is 4. The van der Waals surface area contributed by atoms with Crippen LogP contribution in [0, 0.1) is 5.82 Å². The number of benzene rings is 2. The third kappa shape index (κ3) is 8.01. The Kier molecular flexibility index (Phi) is 10.0. The molecule has 1 amide bonds. The van der Waals surface area contributed by atoms with E-state index in [1.54, 1.807) is 0 Å². The van der Waals surface area contributed by atoms with Gasteiger partial charge < -0.3 is 21.1 Å². The zero-order valence-corrected chi connectivity index (χ0v) is 18.5. The van der Waals surface area contributed by atoms with Crippen LogP contribution in [-0.4, -0.2) is 53.9 Å². The van der Waals surface area contributed by atoms with Gasteiger partial charge in [-0.3, -0.25) is 4.79 Å². The van der Waals surface area contributed by atoms with E-state index in [1.165, 1.54) is 24.3 Å². The fourth-order valence-electron chi connectivity index (χ4n) is 3.10. The van der Waals surface area contributed by atoms with Crippen molar-refractivity contribution in [2.24, 2.45) is 5.73 Å². The molecule has 0 radical (unpaired) electrons. The Morgan fingerprint density at radius 1 is 0.968 bits per heavy atom. The Labute approximate surface area is 191 Å². The van der Waals surface area contributed by atoms with Crippen molar-refractivity contribution >= 4 is 40.8 Å². The van der Waals surface area contributed by atoms with Crippen LogP contribution in [0.15, 0.2) is 48.5 Å². The molecule has 9 heteroatoms. The normalized spacial score (nSPS) is 12.8. The smallest absolute Gasteiger partial charge is 0.326 e. The zero-order valence-electron chi connectivity index (χ0n) is 16.9. The second-order valence-corrected chi connectivity index (χ2v) is 7.83. The molecule has 2 atom stereocenters. The van der Waals surface area contributed by atoms with Crippen molar-refractivity contribution in [3.05, 3.63) is 65.5 Å². The summed E-state index contributed by atoms with van der Waals surface area (Å²) in [6, 6.07) is 10.9. The van der Waals surface area contributed by atoms with E-state index >= 15 is 0 Å². The molecule has 0 heterocycles. The van der Waals surface area contributed by atoms with Crippen molar-refractivity contribution in [1.82, 2.24) is 5.32 Å². The first-order chi connectivity index (χ1) is 14.8. The molecule has 2 aromatic carbocycles. The summed E-state index contributed by atoms with van der Waals surface area (Å²) >= 11 is 11.7. The van der Waals surface area contributed by atoms with Crippen LogP contribution in [0.3, 0.4) is 0 Å². The van der Waals surface area contributed by atoms with Gasteiger partial charge >= 0.3 is 5.97 Å². The van der Waals surface area contributed by atoms with E-state index in [-0.39, 0.29) is 12.8 Å². The molecule has 2 rings (SSSR count). The maximum absolute atomic E-state index is 13.0. The average Bonchev–Trinajstić information content (AvgIpc) is 2.75. The molecule has 0 saturated carbocycles. The lowest BCUT2D eigenvalue weighted by atomic mass is 10.0. The molecule has 0 fully saturated rings. The number of nitrogens with zero attached hydrogens (tertiary/aromatic N) is 1. The number of hydrogen-bond donors (Lipinski definition) is 3. The summed E-state index contributed by atoms with van der Waals surface area (Å²) in [5.74, 6) is -1.21. The predicted octanol–water partition coefficient (Wildman–Crippen LogP) is 2.79. The van der Waals surface area contributed by atoms with Crippen LogP contribution in [0.2, 0.25) is 0 Å². The topological polar surface area (TPSA) is 95.7 Å². The predicted molar refractivity (Wildman–Crippen MR) is 121 cm³/mol. The molecule has 0 bridgehead atoms. The Hall–Kier alpha value is -2.35. The number of carbonyl (C=O) groups excluding carboxylic acids is 1. The minimum atomic E-state index is -1.19. The number of amides is 1. The highest BCUT2D eigenvalue weighted by molar-refractivity contribution is 6.18. The average molecular weight is 470 g/mol. The highest BCUT2D eigenvalue weighted by atomic mass is 35.5. The van der Waals surface area contributed by atoms with Crippen LogP contribution in [-0.2, 0) is 22.4 Å². The molecule has 4 N–H and O–H groups in total. The Morgan fingerprint density at radius 2 is 1.48 bits per heavy atom. The van der Waals surface area contributed by atoms with Gasteiger partial charge in [0.15, 0.2) is 0 Å². The highest BCUT2D eigenvalue weighted by Crippen LogP contribution is 2.16. The van der Waals surface area contributed by atoms with Crippen LogP contribution >= 0.6 is 23.2 Å². The lowest BCUT2D eigenvalue weighted by molar-refractivity contribution is -0.141. The minimum Gasteiger partial charge on any atom is -0.480 e. The maximum atomic E-state index is 13.0. The number of carbonyl (C=O) groups is 2. The maximum Gasteiger partial charge on any atom is 0.326 e. The number of rotatable bonds is 12. The van der Waals surface area contributed by atoms with Gasteiger partial charge in [-0.15, -0.1) is 23.2 Å². The van der Waals surface area contributed by atoms with Gasteiger partial charge in [0.2, 0.25) is 5.91 Å². The van der Waals surface area contributed by atoms with Crippen molar-refractivity contribution in [1.29, 1.82) is 0 Å². The molecule has 0 aliphatic heterocycles. The van der Waals surface area contributed by atoms with Gasteiger partial charge in [0.05, 0.1) is 6.04 Å². The molecular formula is C22H26Cl2FN3O3. The quantitative estimate of drug-likeness (QED) is 0.415. The fourth-order valence-corrected chi connectivity index (χ4v) is 3.51. The molecule has 0 aromatic heterocycles. The lowest BCUT2D eigenvalue weighted by Gasteiger charge is -2.23. The van der Waals surface area contributed by atoms with E-state index < -0.39 is 29.8 Å². The number of carboxylic acids is 1. The van der Waals surface area contributed by atoms with Crippen molar-refractivity contribution in [3.63, 3.8) is 0 Å². The summed E-state index contributed by atoms with van der Waals surface area (Å²) in [6.45, 7) is 1.33. The second kappa shape index (κ2) is 12.5. The first kappa shape index (κ1) is 24.9. The third-order valence-electron chi connectivity index (χ3n) is 4.77. The van der Waals surface area contributed by atoms with Crippen LogP contribution in [0.4, 0.5) is 10.1 Å². The zero-order chi connectivity index (χ0) is 22.8. The standard InChI is InChI=1S/C22H26Cl2FN3O3/c23-9-11-28(12-10-24)18-7-3-15(4-8-18)13-19(26)21(29)27-20(22(30)31)14-16-1-5-17(25)6-2-16/h1-8,19-20H,9-14,26H2,(H,27,29)(H,30,31). The summed E-state index contributed by atoms with van der Waals surface area (Å²) in [6.07, 6.45) is 0.278. The van der Waals surface area contributed by atoms with E-state index in [0.29, 0.717) is 30.4 Å². The van der Waals surface area contributed by atoms with E-state index in [0.717, 1.165) is 11.3 Å². The van der Waals surface area contributed by atoms with Crippen LogP contribution in [0.25, 0.3) is 0 Å². The van der Waals surface area contributed by atoms with Gasteiger partial charge in [-0.1, -0.05) is 24.3 Å². The summed E-state index contributed by atoms with van der Waals surface area (Å²) in [5.41, 5.74) is 8.41. The molecule has 2 unspecified atom stereocenters.